The molecule has 1 N–H and O–H groups in total. The monoisotopic (exact) mass is 265 g/mol. The molecule has 2 aliphatic rings. The maximum Gasteiger partial charge on any atom is 0.132 e. The molecular formula is C16H15N3O. The van der Waals surface area contributed by atoms with Gasteiger partial charge in [-0.25, -0.2) is 9.78 Å². The molecule has 2 aromatic rings. The van der Waals surface area contributed by atoms with Crippen molar-refractivity contribution < 1.29 is 4.79 Å². The molecule has 0 spiro atoms. The van der Waals surface area contributed by atoms with E-state index in [1.165, 1.54) is 11.3 Å². The maximum atomic E-state index is 11.5. The first-order chi connectivity index (χ1) is 9.88. The molecule has 0 radical (unpaired) electrons. The maximum absolute atomic E-state index is 11.5. The standard InChI is InChI=1S/C16H15N3O/c20-9-12-15(6-5-13-16(12)18-10-17-13)19-8-7-11-3-1-2-4-14(11)19/h1-4,10,15H,5-8H2,(H,17,18). The van der Waals surface area contributed by atoms with Crippen LogP contribution in [0.25, 0.3) is 5.57 Å². The Labute approximate surface area is 117 Å². The number of aryl methyl sites for hydroxylation is 1. The largest absolute Gasteiger partial charge is 0.363 e. The molecule has 0 fully saturated rings. The molecule has 1 unspecified atom stereocenters. The number of anilines is 1. The van der Waals surface area contributed by atoms with Gasteiger partial charge in [0.05, 0.1) is 17.9 Å². The highest BCUT2D eigenvalue weighted by atomic mass is 16.1. The summed E-state index contributed by atoms with van der Waals surface area (Å²) < 4.78 is 0. The van der Waals surface area contributed by atoms with Crippen molar-refractivity contribution in [1.82, 2.24) is 9.97 Å². The van der Waals surface area contributed by atoms with Gasteiger partial charge in [-0.15, -0.1) is 0 Å². The number of H-pyrrole nitrogens is 1. The fourth-order valence-electron chi connectivity index (χ4n) is 3.44. The predicted octanol–water partition coefficient (Wildman–Crippen LogP) is 2.00. The minimum Gasteiger partial charge on any atom is -0.363 e. The van der Waals surface area contributed by atoms with E-state index in [0.29, 0.717) is 5.57 Å². The minimum atomic E-state index is 0.104. The molecular weight excluding hydrogens is 250 g/mol. The third kappa shape index (κ3) is 1.55. The second kappa shape index (κ2) is 4.36. The lowest BCUT2D eigenvalue weighted by atomic mass is 9.90. The second-order valence-electron chi connectivity index (χ2n) is 5.37. The summed E-state index contributed by atoms with van der Waals surface area (Å²) in [6.07, 6.45) is 4.59. The number of para-hydroxylation sites is 1. The number of aromatic nitrogens is 2. The summed E-state index contributed by atoms with van der Waals surface area (Å²) in [7, 11) is 0. The summed E-state index contributed by atoms with van der Waals surface area (Å²) in [5, 5.41) is 0. The third-order valence-corrected chi connectivity index (χ3v) is 4.38. The van der Waals surface area contributed by atoms with Crippen molar-refractivity contribution in [2.45, 2.75) is 25.3 Å². The fourth-order valence-corrected chi connectivity index (χ4v) is 3.44. The molecule has 4 nitrogen and oxygen atoms in total. The molecule has 0 saturated heterocycles. The molecule has 100 valence electrons. The van der Waals surface area contributed by atoms with Gasteiger partial charge >= 0.3 is 0 Å². The Kier molecular flexibility index (Phi) is 2.51. The summed E-state index contributed by atoms with van der Waals surface area (Å²) in [6.45, 7) is 0.967. The van der Waals surface area contributed by atoms with Crippen LogP contribution in [0, 0.1) is 0 Å². The van der Waals surface area contributed by atoms with Crippen molar-refractivity contribution in [2.75, 3.05) is 11.4 Å². The van der Waals surface area contributed by atoms with E-state index in [1.54, 1.807) is 6.33 Å². The van der Waals surface area contributed by atoms with E-state index in [2.05, 4.69) is 45.1 Å². The summed E-state index contributed by atoms with van der Waals surface area (Å²) in [4.78, 5) is 21.2. The summed E-state index contributed by atoms with van der Waals surface area (Å²) in [6, 6.07) is 8.55. The van der Waals surface area contributed by atoms with Crippen LogP contribution in [0.3, 0.4) is 0 Å². The molecule has 4 rings (SSSR count). The Balaban J connectivity index is 1.76. The number of carbonyl (C=O) groups excluding carboxylic acids is 1. The Morgan fingerprint density at radius 2 is 2.20 bits per heavy atom. The number of rotatable bonds is 1. The molecule has 2 heterocycles. The molecule has 1 atom stereocenters. The lowest BCUT2D eigenvalue weighted by Gasteiger charge is -2.33. The molecule has 20 heavy (non-hydrogen) atoms. The fraction of sp³-hybridized carbons (Fsp3) is 0.312. The Bertz CT molecular complexity index is 712. The van der Waals surface area contributed by atoms with Gasteiger partial charge in [-0.05, 0) is 30.9 Å². The zero-order valence-electron chi connectivity index (χ0n) is 11.1. The van der Waals surface area contributed by atoms with Gasteiger partial charge in [0.1, 0.15) is 11.6 Å². The highest BCUT2D eigenvalue weighted by molar-refractivity contribution is 5.92. The molecule has 0 saturated carbocycles. The first-order valence-corrected chi connectivity index (χ1v) is 7.00. The molecule has 1 aliphatic carbocycles. The average molecular weight is 265 g/mol. The quantitative estimate of drug-likeness (QED) is 0.802. The van der Waals surface area contributed by atoms with Crippen LogP contribution in [0.5, 0.6) is 0 Å². The van der Waals surface area contributed by atoms with Gasteiger partial charge in [0.25, 0.3) is 0 Å². The third-order valence-electron chi connectivity index (χ3n) is 4.38. The lowest BCUT2D eigenvalue weighted by molar-refractivity contribution is 0.565. The molecule has 1 aromatic carbocycles. The average Bonchev–Trinajstić information content (AvgIpc) is 3.12. The Hall–Kier alpha value is -2.32. The highest BCUT2D eigenvalue weighted by Gasteiger charge is 2.34. The zero-order valence-corrected chi connectivity index (χ0v) is 11.1. The van der Waals surface area contributed by atoms with Crippen molar-refractivity contribution in [3.05, 3.63) is 47.5 Å². The van der Waals surface area contributed by atoms with Gasteiger partial charge in [0.2, 0.25) is 0 Å². The number of imidazole rings is 1. The number of nitrogens with one attached hydrogen (secondary N) is 1. The predicted molar refractivity (Wildman–Crippen MR) is 77.3 cm³/mol. The first-order valence-electron chi connectivity index (χ1n) is 7.00. The second-order valence-corrected chi connectivity index (χ2v) is 5.37. The van der Waals surface area contributed by atoms with Gasteiger partial charge in [0.15, 0.2) is 0 Å². The summed E-state index contributed by atoms with van der Waals surface area (Å²) in [5.74, 6) is 2.15. The normalized spacial score (nSPS) is 20.5. The smallest absolute Gasteiger partial charge is 0.132 e. The molecule has 0 amide bonds. The number of nitrogens with zero attached hydrogens (tertiary/aromatic N) is 2. The first kappa shape index (κ1) is 11.5. The number of hydrogen-bond acceptors (Lipinski definition) is 3. The Morgan fingerprint density at radius 1 is 1.30 bits per heavy atom. The van der Waals surface area contributed by atoms with E-state index >= 15 is 0 Å². The number of aromatic amines is 1. The van der Waals surface area contributed by atoms with Crippen molar-refractivity contribution in [3.8, 4) is 0 Å². The highest BCUT2D eigenvalue weighted by Crippen LogP contribution is 2.37. The van der Waals surface area contributed by atoms with E-state index in [9.17, 15) is 4.79 Å². The topological polar surface area (TPSA) is 49.0 Å². The SMILES string of the molecule is O=C=C1c2nc[nH]c2CCC1N1CCc2ccccc21. The van der Waals surface area contributed by atoms with Crippen molar-refractivity contribution in [3.63, 3.8) is 0 Å². The molecule has 0 bridgehead atoms. The van der Waals surface area contributed by atoms with Gasteiger partial charge < -0.3 is 9.88 Å². The van der Waals surface area contributed by atoms with Crippen LogP contribution in [-0.4, -0.2) is 28.5 Å². The van der Waals surface area contributed by atoms with Gasteiger partial charge in [-0.3, -0.25) is 0 Å². The van der Waals surface area contributed by atoms with Crippen LogP contribution in [0.15, 0.2) is 30.6 Å². The Morgan fingerprint density at radius 3 is 3.10 bits per heavy atom. The van der Waals surface area contributed by atoms with E-state index in [1.807, 2.05) is 0 Å². The van der Waals surface area contributed by atoms with E-state index in [-0.39, 0.29) is 6.04 Å². The molecule has 1 aliphatic heterocycles. The summed E-state index contributed by atoms with van der Waals surface area (Å²) in [5.41, 5.74) is 5.19. The minimum absolute atomic E-state index is 0.104. The van der Waals surface area contributed by atoms with Crippen LogP contribution >= 0.6 is 0 Å². The van der Waals surface area contributed by atoms with Crippen LogP contribution in [0.4, 0.5) is 5.69 Å². The van der Waals surface area contributed by atoms with Gasteiger partial charge in [0, 0.05) is 17.9 Å². The number of fused-ring (bicyclic) bond motifs is 2. The zero-order chi connectivity index (χ0) is 13.5. The van der Waals surface area contributed by atoms with E-state index in [4.69, 9.17) is 0 Å². The van der Waals surface area contributed by atoms with Gasteiger partial charge in [-0.1, -0.05) is 18.2 Å². The van der Waals surface area contributed by atoms with Crippen LogP contribution in [0.1, 0.15) is 23.4 Å². The van der Waals surface area contributed by atoms with Crippen LogP contribution in [0.2, 0.25) is 0 Å². The van der Waals surface area contributed by atoms with Crippen molar-refractivity contribution >= 4 is 17.2 Å². The van der Waals surface area contributed by atoms with Crippen LogP contribution in [-0.2, 0) is 17.6 Å². The molecule has 1 aromatic heterocycles. The van der Waals surface area contributed by atoms with Crippen molar-refractivity contribution in [2.24, 2.45) is 0 Å². The lowest BCUT2D eigenvalue weighted by Crippen LogP contribution is -2.37. The van der Waals surface area contributed by atoms with E-state index < -0.39 is 0 Å². The van der Waals surface area contributed by atoms with E-state index in [0.717, 1.165) is 37.2 Å². The molecule has 4 heteroatoms. The van der Waals surface area contributed by atoms with Crippen LogP contribution < -0.4 is 4.90 Å². The van der Waals surface area contributed by atoms with Crippen molar-refractivity contribution in [1.29, 1.82) is 0 Å². The summed E-state index contributed by atoms with van der Waals surface area (Å²) >= 11 is 0. The van der Waals surface area contributed by atoms with Gasteiger partial charge in [-0.2, -0.15) is 0 Å². The number of hydrogen-bond donors (Lipinski definition) is 1. The number of benzene rings is 1.